The van der Waals surface area contributed by atoms with Gasteiger partial charge in [-0.05, 0) is 53.4 Å². The van der Waals surface area contributed by atoms with Crippen LogP contribution in [0.4, 0.5) is 4.79 Å². The number of piperidine rings is 1. The summed E-state index contributed by atoms with van der Waals surface area (Å²) in [6.45, 7) is 3.12. The molecular formula is C27H30N2O5. The maximum atomic E-state index is 12.9. The van der Waals surface area contributed by atoms with E-state index in [1.165, 1.54) is 16.0 Å². The van der Waals surface area contributed by atoms with Gasteiger partial charge in [-0.1, -0.05) is 55.5 Å². The number of amides is 2. The highest BCUT2D eigenvalue weighted by molar-refractivity contribution is 5.87. The van der Waals surface area contributed by atoms with Crippen LogP contribution in [0, 0.1) is 17.8 Å². The van der Waals surface area contributed by atoms with Crippen molar-refractivity contribution in [1.82, 2.24) is 10.2 Å². The van der Waals surface area contributed by atoms with Crippen molar-refractivity contribution in [3.05, 3.63) is 59.7 Å². The fraction of sp³-hybridized carbons (Fsp3) is 0.444. The molecule has 1 saturated heterocycles. The average molecular weight is 463 g/mol. The summed E-state index contributed by atoms with van der Waals surface area (Å²) in [5, 5.41) is 12.3. The van der Waals surface area contributed by atoms with Crippen LogP contribution in [0.2, 0.25) is 0 Å². The van der Waals surface area contributed by atoms with Crippen LogP contribution in [0.25, 0.3) is 11.1 Å². The van der Waals surface area contributed by atoms with Crippen molar-refractivity contribution in [3.63, 3.8) is 0 Å². The van der Waals surface area contributed by atoms with E-state index in [4.69, 9.17) is 4.74 Å². The van der Waals surface area contributed by atoms with Crippen LogP contribution in [0.3, 0.4) is 0 Å². The summed E-state index contributed by atoms with van der Waals surface area (Å²) in [6.07, 6.45) is 1.50. The third-order valence-corrected chi connectivity index (χ3v) is 7.52. The summed E-state index contributed by atoms with van der Waals surface area (Å²) in [6, 6.07) is 15.6. The summed E-state index contributed by atoms with van der Waals surface area (Å²) in [7, 11) is 0. The first-order valence-electron chi connectivity index (χ1n) is 12.1. The lowest BCUT2D eigenvalue weighted by Crippen LogP contribution is -2.50. The van der Waals surface area contributed by atoms with Crippen LogP contribution in [0.1, 0.15) is 43.2 Å². The van der Waals surface area contributed by atoms with E-state index in [-0.39, 0.29) is 30.3 Å². The van der Waals surface area contributed by atoms with Gasteiger partial charge in [-0.15, -0.1) is 0 Å². The van der Waals surface area contributed by atoms with Crippen molar-refractivity contribution in [2.24, 2.45) is 17.8 Å². The van der Waals surface area contributed by atoms with E-state index < -0.39 is 18.1 Å². The molecule has 4 unspecified atom stereocenters. The molecule has 0 aromatic heterocycles. The molecule has 0 radical (unpaired) electrons. The Morgan fingerprint density at radius 3 is 2.32 bits per heavy atom. The van der Waals surface area contributed by atoms with Crippen molar-refractivity contribution in [2.45, 2.75) is 38.1 Å². The molecule has 0 spiro atoms. The second kappa shape index (κ2) is 9.12. The van der Waals surface area contributed by atoms with Crippen LogP contribution in [0.5, 0.6) is 0 Å². The van der Waals surface area contributed by atoms with Gasteiger partial charge in [-0.25, -0.2) is 9.59 Å². The van der Waals surface area contributed by atoms with E-state index in [0.717, 1.165) is 17.5 Å². The molecule has 4 atom stereocenters. The molecule has 1 heterocycles. The number of hydrogen-bond donors (Lipinski definition) is 2. The van der Waals surface area contributed by atoms with E-state index in [1.54, 1.807) is 0 Å². The van der Waals surface area contributed by atoms with Gasteiger partial charge in [-0.2, -0.15) is 0 Å². The minimum absolute atomic E-state index is 0.00264. The molecule has 2 aromatic rings. The summed E-state index contributed by atoms with van der Waals surface area (Å²) in [4.78, 5) is 38.4. The molecule has 5 rings (SSSR count). The molecular weight excluding hydrogens is 432 g/mol. The number of aliphatic carboxylic acids is 1. The van der Waals surface area contributed by atoms with Crippen LogP contribution in [-0.2, 0) is 14.3 Å². The number of carboxylic acid groups (broad SMARTS) is 1. The monoisotopic (exact) mass is 462 g/mol. The maximum Gasteiger partial charge on any atom is 0.407 e. The molecule has 2 aliphatic carbocycles. The molecule has 3 aliphatic rings. The third kappa shape index (κ3) is 4.27. The van der Waals surface area contributed by atoms with E-state index in [0.29, 0.717) is 31.8 Å². The molecule has 2 N–H and O–H groups in total. The van der Waals surface area contributed by atoms with Crippen molar-refractivity contribution < 1.29 is 24.2 Å². The standard InChI is InChI=1S/C27H30N2O5/c1-16-10-11-29(24(12-16)26(31)32)25(30)22-13-17(22)14-28-27(33)34-15-23-20-8-4-2-6-18(20)19-7-3-5-9-21(19)23/h2-9,16-17,22-24H,10-15H2,1H3,(H,28,33)(H,31,32). The molecule has 0 bridgehead atoms. The van der Waals surface area contributed by atoms with E-state index in [2.05, 4.69) is 29.6 Å². The third-order valence-electron chi connectivity index (χ3n) is 7.52. The van der Waals surface area contributed by atoms with Gasteiger partial charge in [0.15, 0.2) is 0 Å². The maximum absolute atomic E-state index is 12.9. The summed E-state index contributed by atoms with van der Waals surface area (Å²) >= 11 is 0. The molecule has 34 heavy (non-hydrogen) atoms. The number of carbonyl (C=O) groups excluding carboxylic acids is 2. The lowest BCUT2D eigenvalue weighted by atomic mass is 9.92. The molecule has 178 valence electrons. The number of nitrogens with zero attached hydrogens (tertiary/aromatic N) is 1. The van der Waals surface area contributed by atoms with Gasteiger partial charge >= 0.3 is 12.1 Å². The number of alkyl carbamates (subject to hydrolysis) is 1. The number of nitrogens with one attached hydrogen (secondary N) is 1. The van der Waals surface area contributed by atoms with Crippen molar-refractivity contribution in [3.8, 4) is 11.1 Å². The summed E-state index contributed by atoms with van der Waals surface area (Å²) < 4.78 is 5.57. The Labute approximate surface area is 199 Å². The number of benzene rings is 2. The van der Waals surface area contributed by atoms with Crippen molar-refractivity contribution >= 4 is 18.0 Å². The number of rotatable bonds is 6. The first-order chi connectivity index (χ1) is 16.4. The fourth-order valence-electron chi connectivity index (χ4n) is 5.49. The van der Waals surface area contributed by atoms with Gasteiger partial charge in [0.2, 0.25) is 5.91 Å². The highest BCUT2D eigenvalue weighted by Crippen LogP contribution is 2.44. The number of fused-ring (bicyclic) bond motifs is 3. The largest absolute Gasteiger partial charge is 0.480 e. The minimum atomic E-state index is -0.936. The van der Waals surface area contributed by atoms with Crippen molar-refractivity contribution in [1.29, 1.82) is 0 Å². The Morgan fingerprint density at radius 1 is 1.03 bits per heavy atom. The van der Waals surface area contributed by atoms with Crippen LogP contribution < -0.4 is 5.32 Å². The Bertz CT molecular complexity index is 1070. The number of ether oxygens (including phenoxy) is 1. The molecule has 1 aliphatic heterocycles. The number of hydrogen-bond acceptors (Lipinski definition) is 4. The number of likely N-dealkylation sites (tertiary alicyclic amines) is 1. The highest BCUT2D eigenvalue weighted by Gasteiger charge is 2.48. The van der Waals surface area contributed by atoms with Gasteiger partial charge in [0, 0.05) is 24.9 Å². The highest BCUT2D eigenvalue weighted by atomic mass is 16.5. The summed E-state index contributed by atoms with van der Waals surface area (Å²) in [5.41, 5.74) is 4.68. The minimum Gasteiger partial charge on any atom is -0.480 e. The smallest absolute Gasteiger partial charge is 0.407 e. The molecule has 7 heteroatoms. The van der Waals surface area contributed by atoms with Gasteiger partial charge in [0.05, 0.1) is 0 Å². The average Bonchev–Trinajstić information content (AvgIpc) is 3.56. The lowest BCUT2D eigenvalue weighted by Gasteiger charge is -2.36. The van der Waals surface area contributed by atoms with Crippen LogP contribution in [-0.4, -0.2) is 53.7 Å². The molecule has 2 aromatic carbocycles. The molecule has 2 amide bonds. The Morgan fingerprint density at radius 2 is 1.68 bits per heavy atom. The molecule has 7 nitrogen and oxygen atoms in total. The second-order valence-electron chi connectivity index (χ2n) is 9.82. The predicted octanol–water partition coefficient (Wildman–Crippen LogP) is 3.87. The Balaban J connectivity index is 1.12. The number of carbonyl (C=O) groups is 3. The zero-order valence-corrected chi connectivity index (χ0v) is 19.3. The van der Waals surface area contributed by atoms with Gasteiger partial charge in [-0.3, -0.25) is 4.79 Å². The van der Waals surface area contributed by atoms with E-state index >= 15 is 0 Å². The summed E-state index contributed by atoms with van der Waals surface area (Å²) in [5.74, 6) is -0.920. The van der Waals surface area contributed by atoms with E-state index in [9.17, 15) is 19.5 Å². The second-order valence-corrected chi connectivity index (χ2v) is 9.82. The van der Waals surface area contributed by atoms with Crippen molar-refractivity contribution in [2.75, 3.05) is 19.7 Å². The van der Waals surface area contributed by atoms with Gasteiger partial charge in [0.25, 0.3) is 0 Å². The predicted molar refractivity (Wildman–Crippen MR) is 126 cm³/mol. The Hall–Kier alpha value is -3.35. The van der Waals surface area contributed by atoms with Gasteiger partial charge in [0.1, 0.15) is 12.6 Å². The zero-order chi connectivity index (χ0) is 23.8. The molecule has 2 fully saturated rings. The zero-order valence-electron chi connectivity index (χ0n) is 19.3. The Kier molecular flexibility index (Phi) is 6.02. The fourth-order valence-corrected chi connectivity index (χ4v) is 5.49. The molecule has 1 saturated carbocycles. The first kappa shape index (κ1) is 22.4. The van der Waals surface area contributed by atoms with Crippen LogP contribution in [0.15, 0.2) is 48.5 Å². The van der Waals surface area contributed by atoms with E-state index in [1.807, 2.05) is 31.2 Å². The first-order valence-corrected chi connectivity index (χ1v) is 12.1. The number of carboxylic acids is 1. The lowest BCUT2D eigenvalue weighted by molar-refractivity contribution is -0.153. The topological polar surface area (TPSA) is 95.9 Å². The van der Waals surface area contributed by atoms with Crippen LogP contribution >= 0.6 is 0 Å². The SMILES string of the molecule is CC1CCN(C(=O)C2CC2CNC(=O)OCC2c3ccccc3-c3ccccc32)C(C(=O)O)C1. The normalized spacial score (nSPS) is 25.3. The van der Waals surface area contributed by atoms with Gasteiger partial charge < -0.3 is 20.1 Å². The quantitative estimate of drug-likeness (QED) is 0.679.